The lowest BCUT2D eigenvalue weighted by atomic mass is 9.98. The van der Waals surface area contributed by atoms with Crippen LogP contribution in [0.4, 0.5) is 18.9 Å². The topological polar surface area (TPSA) is 61.5 Å². The Bertz CT molecular complexity index is 2030. The number of hydrogen-bond acceptors (Lipinski definition) is 4. The van der Waals surface area contributed by atoms with Gasteiger partial charge in [-0.15, -0.1) is 13.2 Å². The highest BCUT2D eigenvalue weighted by atomic mass is 35.5. The summed E-state index contributed by atoms with van der Waals surface area (Å²) >= 11 is 13.3. The number of benzene rings is 3. The summed E-state index contributed by atoms with van der Waals surface area (Å²) in [5, 5.41) is 6.76. The summed E-state index contributed by atoms with van der Waals surface area (Å²) in [5.41, 5.74) is 7.76. The molecule has 1 aliphatic heterocycles. The van der Waals surface area contributed by atoms with Crippen LogP contribution in [0.15, 0.2) is 48.5 Å². The molecule has 12 heteroatoms. The number of nitrogens with zero attached hydrogens (tertiary/aromatic N) is 4. The molecule has 7 nitrogen and oxygen atoms in total. The molecule has 252 valence electrons. The van der Waals surface area contributed by atoms with E-state index in [1.54, 1.807) is 6.07 Å². The molecule has 0 bridgehead atoms. The maximum atomic E-state index is 14.6. The van der Waals surface area contributed by atoms with Gasteiger partial charge in [0.25, 0.3) is 5.91 Å². The van der Waals surface area contributed by atoms with Gasteiger partial charge in [0, 0.05) is 59.1 Å². The number of aryl methyl sites for hydroxylation is 6. The van der Waals surface area contributed by atoms with Gasteiger partial charge in [0.1, 0.15) is 17.2 Å². The Hall–Kier alpha value is -4.15. The van der Waals surface area contributed by atoms with E-state index in [2.05, 4.69) is 9.84 Å². The van der Waals surface area contributed by atoms with Gasteiger partial charge in [-0.05, 0) is 94.0 Å². The molecule has 6 rings (SSSR count). The van der Waals surface area contributed by atoms with Gasteiger partial charge in [0.05, 0.1) is 22.8 Å². The Morgan fingerprint density at radius 3 is 2.33 bits per heavy atom. The number of halogens is 5. The minimum absolute atomic E-state index is 0.302. The lowest BCUT2D eigenvalue weighted by molar-refractivity contribution is -0.274. The summed E-state index contributed by atoms with van der Waals surface area (Å²) in [6.07, 6.45) is -3.20. The molecule has 3 heterocycles. The first-order valence-electron chi connectivity index (χ1n) is 15.7. The van der Waals surface area contributed by atoms with Gasteiger partial charge < -0.3 is 18.9 Å². The molecule has 0 N–H and O–H groups in total. The molecule has 0 saturated carbocycles. The number of anilines is 1. The van der Waals surface area contributed by atoms with Crippen LogP contribution in [-0.4, -0.2) is 39.8 Å². The predicted octanol–water partition coefficient (Wildman–Crippen LogP) is 9.54. The maximum absolute atomic E-state index is 14.6. The Morgan fingerprint density at radius 1 is 0.938 bits per heavy atom. The molecule has 0 unspecified atom stereocenters. The standard InChI is InChI=1S/C36H35Cl2F3N4O3/c1-20-17-26(18-21(2)32(20)38)47-16-7-11-27-28-12-13-29(37)31(30-22(3)42-43(5)23(30)4)33(28)45-15-8-14-44(35(46)34(27)45)24-9-6-10-25(19-24)48-36(39,40)41/h6,9-10,12-13,17-19H,7-8,11,14-16H2,1-5H3. The highest BCUT2D eigenvalue weighted by molar-refractivity contribution is 6.35. The smallest absolute Gasteiger partial charge is 0.494 e. The van der Waals surface area contributed by atoms with Crippen molar-refractivity contribution in [2.75, 3.05) is 18.1 Å². The first kappa shape index (κ1) is 33.7. The molecule has 0 atom stereocenters. The molecule has 0 saturated heterocycles. The largest absolute Gasteiger partial charge is 0.573 e. The Labute approximate surface area is 286 Å². The lowest BCUT2D eigenvalue weighted by Crippen LogP contribution is -2.31. The van der Waals surface area contributed by atoms with Crippen LogP contribution in [-0.2, 0) is 20.0 Å². The molecular formula is C36H35Cl2F3N4O3. The highest BCUT2D eigenvalue weighted by Gasteiger charge is 2.34. The molecule has 5 aromatic rings. The van der Waals surface area contributed by atoms with Crippen LogP contribution >= 0.6 is 23.2 Å². The van der Waals surface area contributed by atoms with E-state index >= 15 is 0 Å². The van der Waals surface area contributed by atoms with Gasteiger partial charge in [0.15, 0.2) is 0 Å². The van der Waals surface area contributed by atoms with Gasteiger partial charge >= 0.3 is 6.36 Å². The molecule has 2 aromatic heterocycles. The molecule has 3 aromatic carbocycles. The van der Waals surface area contributed by atoms with Crippen molar-refractivity contribution < 1.29 is 27.4 Å². The number of ether oxygens (including phenoxy) is 2. The zero-order chi connectivity index (χ0) is 34.5. The second-order valence-electron chi connectivity index (χ2n) is 12.1. The van der Waals surface area contributed by atoms with E-state index in [-0.39, 0.29) is 11.7 Å². The molecule has 1 amide bonds. The Morgan fingerprint density at radius 2 is 1.67 bits per heavy atom. The Kier molecular flexibility index (Phi) is 9.17. The van der Waals surface area contributed by atoms with Crippen LogP contribution in [0.2, 0.25) is 10.0 Å². The van der Waals surface area contributed by atoms with E-state index < -0.39 is 6.36 Å². The fraction of sp³-hybridized carbons (Fsp3) is 0.333. The number of carbonyl (C=O) groups is 1. The van der Waals surface area contributed by atoms with Crippen LogP contribution in [0.25, 0.3) is 22.0 Å². The first-order valence-corrected chi connectivity index (χ1v) is 16.4. The van der Waals surface area contributed by atoms with Crippen molar-refractivity contribution in [1.29, 1.82) is 0 Å². The van der Waals surface area contributed by atoms with Crippen molar-refractivity contribution in [2.45, 2.75) is 59.9 Å². The van der Waals surface area contributed by atoms with E-state index in [1.165, 1.54) is 23.1 Å². The minimum Gasteiger partial charge on any atom is -0.494 e. The van der Waals surface area contributed by atoms with Crippen molar-refractivity contribution in [3.63, 3.8) is 0 Å². The van der Waals surface area contributed by atoms with Gasteiger partial charge in [-0.2, -0.15) is 5.10 Å². The van der Waals surface area contributed by atoms with Crippen LogP contribution in [0.1, 0.15) is 51.4 Å². The zero-order valence-corrected chi connectivity index (χ0v) is 28.8. The summed E-state index contributed by atoms with van der Waals surface area (Å²) in [7, 11) is 1.88. The van der Waals surface area contributed by atoms with Gasteiger partial charge in [-0.1, -0.05) is 35.3 Å². The fourth-order valence-electron chi connectivity index (χ4n) is 6.73. The van der Waals surface area contributed by atoms with Gasteiger partial charge in [0.2, 0.25) is 0 Å². The molecule has 1 aliphatic rings. The minimum atomic E-state index is -4.86. The third kappa shape index (κ3) is 6.35. The number of amides is 1. The number of fused-ring (bicyclic) bond motifs is 3. The number of aromatic nitrogens is 3. The molecule has 0 aliphatic carbocycles. The molecule has 0 radical (unpaired) electrons. The third-order valence-corrected chi connectivity index (χ3v) is 9.77. The quantitative estimate of drug-likeness (QED) is 0.152. The number of carbonyl (C=O) groups excluding carboxylic acids is 1. The summed E-state index contributed by atoms with van der Waals surface area (Å²) in [6.45, 7) is 8.98. The van der Waals surface area contributed by atoms with Gasteiger partial charge in [-0.25, -0.2) is 0 Å². The van der Waals surface area contributed by atoms with Crippen LogP contribution < -0.4 is 14.4 Å². The van der Waals surface area contributed by atoms with Crippen molar-refractivity contribution in [2.24, 2.45) is 7.05 Å². The molecule has 48 heavy (non-hydrogen) atoms. The SMILES string of the molecule is Cc1cc(OCCCc2c3n(c4c(-c5c(C)nn(C)c5C)c(Cl)ccc24)CCCN(c2cccc(OC(F)(F)F)c2)C3=O)cc(C)c1Cl. The number of hydrogen-bond donors (Lipinski definition) is 0. The highest BCUT2D eigenvalue weighted by Crippen LogP contribution is 2.43. The van der Waals surface area contributed by atoms with E-state index in [0.717, 1.165) is 55.9 Å². The third-order valence-electron chi connectivity index (χ3n) is 8.86. The molecular weight excluding hydrogens is 664 g/mol. The predicted molar refractivity (Wildman–Crippen MR) is 183 cm³/mol. The number of alkyl halides is 3. The normalized spacial score (nSPS) is 13.6. The van der Waals surface area contributed by atoms with Crippen molar-refractivity contribution in [1.82, 2.24) is 14.3 Å². The lowest BCUT2D eigenvalue weighted by Gasteiger charge is -2.22. The average Bonchev–Trinajstić information content (AvgIpc) is 3.38. The summed E-state index contributed by atoms with van der Waals surface area (Å²) in [4.78, 5) is 16.1. The Balaban J connectivity index is 1.45. The average molecular weight is 700 g/mol. The van der Waals surface area contributed by atoms with E-state index in [9.17, 15) is 18.0 Å². The monoisotopic (exact) mass is 698 g/mol. The second kappa shape index (κ2) is 13.0. The summed E-state index contributed by atoms with van der Waals surface area (Å²) in [6, 6.07) is 13.1. The molecule has 0 spiro atoms. The van der Waals surface area contributed by atoms with Crippen LogP contribution in [0, 0.1) is 27.7 Å². The first-order chi connectivity index (χ1) is 22.7. The van der Waals surface area contributed by atoms with Gasteiger partial charge in [-0.3, -0.25) is 9.48 Å². The van der Waals surface area contributed by atoms with Crippen molar-refractivity contribution in [3.05, 3.63) is 92.3 Å². The summed E-state index contributed by atoms with van der Waals surface area (Å²) in [5.74, 6) is 0.0171. The van der Waals surface area contributed by atoms with Crippen molar-refractivity contribution in [3.8, 4) is 22.6 Å². The van der Waals surface area contributed by atoms with E-state index in [0.29, 0.717) is 60.4 Å². The fourth-order valence-corrected chi connectivity index (χ4v) is 7.08. The second-order valence-corrected chi connectivity index (χ2v) is 12.9. The maximum Gasteiger partial charge on any atom is 0.573 e. The molecule has 0 fully saturated rings. The zero-order valence-electron chi connectivity index (χ0n) is 27.3. The van der Waals surface area contributed by atoms with Crippen LogP contribution in [0.5, 0.6) is 11.5 Å². The number of rotatable bonds is 8. The van der Waals surface area contributed by atoms with E-state index in [1.807, 2.05) is 68.3 Å². The van der Waals surface area contributed by atoms with Crippen LogP contribution in [0.3, 0.4) is 0 Å². The van der Waals surface area contributed by atoms with E-state index in [4.69, 9.17) is 27.9 Å². The van der Waals surface area contributed by atoms with Crippen molar-refractivity contribution >= 4 is 45.7 Å². The summed E-state index contributed by atoms with van der Waals surface area (Å²) < 4.78 is 53.3.